The predicted octanol–water partition coefficient (Wildman–Crippen LogP) is 2.99. The minimum atomic E-state index is -0.552. The topological polar surface area (TPSA) is 55.6 Å². The van der Waals surface area contributed by atoms with Crippen molar-refractivity contribution in [3.05, 3.63) is 28.2 Å². The van der Waals surface area contributed by atoms with Crippen molar-refractivity contribution in [1.82, 2.24) is 4.90 Å². The monoisotopic (exact) mass is 352 g/mol. The first-order valence-electron chi connectivity index (χ1n) is 6.62. The summed E-state index contributed by atoms with van der Waals surface area (Å²) in [6.45, 7) is 3.81. The van der Waals surface area contributed by atoms with E-state index in [1.165, 1.54) is 0 Å². The smallest absolute Gasteiger partial charge is 0.263 e. The number of hydrogen-bond donors (Lipinski definition) is 1. The average Bonchev–Trinajstić information content (AvgIpc) is 2.91. The molecule has 1 aliphatic heterocycles. The molecule has 0 aliphatic carbocycles. The zero-order chi connectivity index (χ0) is 14.7. The molecule has 1 aliphatic rings. The Bertz CT molecular complexity index is 499. The van der Waals surface area contributed by atoms with Crippen LogP contribution >= 0.6 is 35.6 Å². The molecule has 2 rings (SSSR count). The first-order chi connectivity index (χ1) is 9.51. The highest BCUT2D eigenvalue weighted by Crippen LogP contribution is 2.27. The highest BCUT2D eigenvalue weighted by molar-refractivity contribution is 6.42. The van der Waals surface area contributed by atoms with Crippen molar-refractivity contribution >= 4 is 41.5 Å². The largest absolute Gasteiger partial charge is 0.481 e. The van der Waals surface area contributed by atoms with Crippen LogP contribution in [-0.4, -0.2) is 36.5 Å². The van der Waals surface area contributed by atoms with Crippen LogP contribution in [0.25, 0.3) is 0 Å². The van der Waals surface area contributed by atoms with Gasteiger partial charge < -0.3 is 15.4 Å². The number of likely N-dealkylation sites (tertiary alicyclic amines) is 1. The third-order valence-corrected chi connectivity index (χ3v) is 4.22. The van der Waals surface area contributed by atoms with Crippen LogP contribution in [0.3, 0.4) is 0 Å². The van der Waals surface area contributed by atoms with Crippen molar-refractivity contribution in [2.75, 3.05) is 19.6 Å². The quantitative estimate of drug-likeness (QED) is 0.905. The highest BCUT2D eigenvalue weighted by atomic mass is 35.5. The molecular weight excluding hydrogens is 335 g/mol. The van der Waals surface area contributed by atoms with Gasteiger partial charge in [0, 0.05) is 19.2 Å². The Morgan fingerprint density at radius 3 is 2.76 bits per heavy atom. The number of rotatable bonds is 4. The van der Waals surface area contributed by atoms with Crippen LogP contribution in [0.2, 0.25) is 10.0 Å². The van der Waals surface area contributed by atoms with E-state index in [2.05, 4.69) is 0 Å². The number of carbonyl (C=O) groups excluding carboxylic acids is 1. The molecule has 21 heavy (non-hydrogen) atoms. The van der Waals surface area contributed by atoms with Crippen LogP contribution in [0.5, 0.6) is 5.75 Å². The molecule has 1 heterocycles. The van der Waals surface area contributed by atoms with Crippen molar-refractivity contribution in [1.29, 1.82) is 0 Å². The van der Waals surface area contributed by atoms with Crippen molar-refractivity contribution in [2.24, 2.45) is 11.7 Å². The summed E-state index contributed by atoms with van der Waals surface area (Å²) in [7, 11) is 0. The lowest BCUT2D eigenvalue weighted by atomic mass is 10.1. The maximum atomic E-state index is 12.3. The number of halogens is 3. The molecule has 0 radical (unpaired) electrons. The molecule has 0 aromatic heterocycles. The molecule has 0 saturated carbocycles. The van der Waals surface area contributed by atoms with Gasteiger partial charge in [-0.3, -0.25) is 4.79 Å². The van der Waals surface area contributed by atoms with E-state index in [0.717, 1.165) is 13.0 Å². The van der Waals surface area contributed by atoms with Gasteiger partial charge in [-0.1, -0.05) is 23.2 Å². The Kier molecular flexibility index (Phi) is 7.07. The first kappa shape index (κ1) is 18.4. The standard InChI is InChI=1S/C14H18Cl2N2O2.ClH/c1-9(14(19)18-5-4-10(7-17)8-18)20-11-2-3-12(15)13(16)6-11;/h2-3,6,9-10H,4-5,7-8,17H2,1H3;1H. The van der Waals surface area contributed by atoms with Gasteiger partial charge in [0.2, 0.25) is 0 Å². The lowest BCUT2D eigenvalue weighted by Gasteiger charge is -2.22. The summed E-state index contributed by atoms with van der Waals surface area (Å²) in [5.74, 6) is 0.915. The maximum Gasteiger partial charge on any atom is 0.263 e. The maximum absolute atomic E-state index is 12.3. The lowest BCUT2D eigenvalue weighted by molar-refractivity contribution is -0.136. The Morgan fingerprint density at radius 2 is 2.19 bits per heavy atom. The molecule has 7 heteroatoms. The summed E-state index contributed by atoms with van der Waals surface area (Å²) in [5, 5.41) is 0.872. The zero-order valence-electron chi connectivity index (χ0n) is 11.7. The van der Waals surface area contributed by atoms with Crippen molar-refractivity contribution in [2.45, 2.75) is 19.4 Å². The molecule has 1 fully saturated rings. The second-order valence-corrected chi connectivity index (χ2v) is 5.83. The number of amides is 1. The molecule has 0 bridgehead atoms. The van der Waals surface area contributed by atoms with Gasteiger partial charge in [0.15, 0.2) is 6.10 Å². The van der Waals surface area contributed by atoms with Crippen LogP contribution in [0.1, 0.15) is 13.3 Å². The third-order valence-electron chi connectivity index (χ3n) is 3.48. The number of nitrogens with two attached hydrogens (primary N) is 1. The minimum absolute atomic E-state index is 0. The van der Waals surface area contributed by atoms with Gasteiger partial charge >= 0.3 is 0 Å². The van der Waals surface area contributed by atoms with E-state index in [0.29, 0.717) is 34.8 Å². The lowest BCUT2D eigenvalue weighted by Crippen LogP contribution is -2.39. The molecule has 4 nitrogen and oxygen atoms in total. The van der Waals surface area contributed by atoms with Crippen LogP contribution in [-0.2, 0) is 4.79 Å². The van der Waals surface area contributed by atoms with E-state index in [1.54, 1.807) is 30.0 Å². The van der Waals surface area contributed by atoms with Crippen molar-refractivity contribution in [3.8, 4) is 5.75 Å². The molecule has 1 saturated heterocycles. The fourth-order valence-electron chi connectivity index (χ4n) is 2.29. The molecule has 2 atom stereocenters. The van der Waals surface area contributed by atoms with E-state index in [9.17, 15) is 4.79 Å². The number of hydrogen-bond acceptors (Lipinski definition) is 3. The van der Waals surface area contributed by atoms with Crippen LogP contribution in [0, 0.1) is 5.92 Å². The SMILES string of the molecule is CC(Oc1ccc(Cl)c(Cl)c1)C(=O)N1CCC(CN)C1.Cl. The van der Waals surface area contributed by atoms with Crippen molar-refractivity contribution in [3.63, 3.8) is 0 Å². The summed E-state index contributed by atoms with van der Waals surface area (Å²) in [6, 6.07) is 4.96. The normalized spacial score (nSPS) is 19.0. The van der Waals surface area contributed by atoms with Crippen LogP contribution < -0.4 is 10.5 Å². The number of carbonyl (C=O) groups is 1. The van der Waals surface area contributed by atoms with Gasteiger partial charge in [0.1, 0.15) is 5.75 Å². The van der Waals surface area contributed by atoms with E-state index >= 15 is 0 Å². The van der Waals surface area contributed by atoms with Crippen LogP contribution in [0.4, 0.5) is 0 Å². The van der Waals surface area contributed by atoms with Gasteiger partial charge in [-0.15, -0.1) is 12.4 Å². The summed E-state index contributed by atoms with van der Waals surface area (Å²) < 4.78 is 5.63. The van der Waals surface area contributed by atoms with E-state index in [1.807, 2.05) is 0 Å². The fraction of sp³-hybridized carbons (Fsp3) is 0.500. The molecule has 0 spiro atoms. The summed E-state index contributed by atoms with van der Waals surface area (Å²) in [4.78, 5) is 14.1. The molecule has 1 aromatic carbocycles. The summed E-state index contributed by atoms with van der Waals surface area (Å²) in [6.07, 6.45) is 0.408. The molecular formula is C14H19Cl3N2O2. The molecule has 1 aromatic rings. The van der Waals surface area contributed by atoms with Gasteiger partial charge in [-0.25, -0.2) is 0 Å². The van der Waals surface area contributed by atoms with Gasteiger partial charge in [-0.2, -0.15) is 0 Å². The average molecular weight is 354 g/mol. The summed E-state index contributed by atoms with van der Waals surface area (Å²) in [5.41, 5.74) is 5.63. The van der Waals surface area contributed by atoms with Crippen molar-refractivity contribution < 1.29 is 9.53 Å². The van der Waals surface area contributed by atoms with Gasteiger partial charge in [0.05, 0.1) is 10.0 Å². The third kappa shape index (κ3) is 4.65. The second kappa shape index (κ2) is 8.08. The Hall–Kier alpha value is -0.680. The molecule has 118 valence electrons. The number of benzene rings is 1. The van der Waals surface area contributed by atoms with Gasteiger partial charge in [-0.05, 0) is 37.9 Å². The first-order valence-corrected chi connectivity index (χ1v) is 7.37. The Labute approximate surface area is 140 Å². The summed E-state index contributed by atoms with van der Waals surface area (Å²) >= 11 is 11.8. The van der Waals surface area contributed by atoms with E-state index in [4.69, 9.17) is 33.7 Å². The van der Waals surface area contributed by atoms with E-state index in [-0.39, 0.29) is 18.3 Å². The number of nitrogens with zero attached hydrogens (tertiary/aromatic N) is 1. The Morgan fingerprint density at radius 1 is 1.48 bits per heavy atom. The number of ether oxygens (including phenoxy) is 1. The second-order valence-electron chi connectivity index (χ2n) is 5.01. The molecule has 2 N–H and O–H groups in total. The predicted molar refractivity (Wildman–Crippen MR) is 87.5 cm³/mol. The Balaban J connectivity index is 0.00000220. The van der Waals surface area contributed by atoms with Gasteiger partial charge in [0.25, 0.3) is 5.91 Å². The fourth-order valence-corrected chi connectivity index (χ4v) is 2.58. The zero-order valence-corrected chi connectivity index (χ0v) is 14.0. The highest BCUT2D eigenvalue weighted by Gasteiger charge is 2.29. The van der Waals surface area contributed by atoms with Crippen LogP contribution in [0.15, 0.2) is 18.2 Å². The van der Waals surface area contributed by atoms with E-state index < -0.39 is 6.10 Å². The minimum Gasteiger partial charge on any atom is -0.481 e. The molecule has 2 unspecified atom stereocenters. The molecule has 1 amide bonds.